The molecule has 1 aromatic heterocycles. The fourth-order valence-corrected chi connectivity index (χ4v) is 7.70. The van der Waals surface area contributed by atoms with Crippen LogP contribution in [0.1, 0.15) is 57.8 Å². The van der Waals surface area contributed by atoms with Crippen LogP contribution >= 0.6 is 0 Å². The minimum Gasteiger partial charge on any atom is -0.309 e. The summed E-state index contributed by atoms with van der Waals surface area (Å²) in [7, 11) is 0. The van der Waals surface area contributed by atoms with Gasteiger partial charge in [0.15, 0.2) is 0 Å². The highest BCUT2D eigenvalue weighted by Crippen LogP contribution is 2.58. The predicted molar refractivity (Wildman–Crippen MR) is 112 cm³/mol. The quantitative estimate of drug-likeness (QED) is 0.844. The van der Waals surface area contributed by atoms with E-state index in [-0.39, 0.29) is 5.54 Å². The summed E-state index contributed by atoms with van der Waals surface area (Å²) in [5, 5.41) is 9.24. The summed E-state index contributed by atoms with van der Waals surface area (Å²) in [6.07, 6.45) is 12.4. The zero-order chi connectivity index (χ0) is 18.7. The van der Waals surface area contributed by atoms with E-state index < -0.39 is 0 Å². The highest BCUT2D eigenvalue weighted by molar-refractivity contribution is 5.76. The van der Waals surface area contributed by atoms with Crippen molar-refractivity contribution in [3.63, 3.8) is 0 Å². The number of piperidine rings is 1. The molecule has 4 nitrogen and oxygen atoms in total. The van der Waals surface area contributed by atoms with Gasteiger partial charge in [0, 0.05) is 18.6 Å². The van der Waals surface area contributed by atoms with Crippen molar-refractivity contribution in [1.82, 2.24) is 14.0 Å². The zero-order valence-corrected chi connectivity index (χ0v) is 17.1. The second kappa shape index (κ2) is 6.48. The van der Waals surface area contributed by atoms with E-state index in [4.69, 9.17) is 0 Å². The Morgan fingerprint density at radius 2 is 1.43 bits per heavy atom. The molecular formula is C24H34N4. The van der Waals surface area contributed by atoms with Gasteiger partial charge in [0.05, 0.1) is 11.0 Å². The van der Waals surface area contributed by atoms with E-state index in [0.29, 0.717) is 0 Å². The molecule has 150 valence electrons. The van der Waals surface area contributed by atoms with E-state index in [9.17, 15) is 5.41 Å². The topological polar surface area (TPSA) is 37.0 Å². The maximum Gasteiger partial charge on any atom is 0.203 e. The minimum absolute atomic E-state index is 0.224. The second-order valence-electron chi connectivity index (χ2n) is 10.3. The Morgan fingerprint density at radius 3 is 2.07 bits per heavy atom. The van der Waals surface area contributed by atoms with Crippen molar-refractivity contribution in [2.24, 2.45) is 17.8 Å². The summed E-state index contributed by atoms with van der Waals surface area (Å²) >= 11 is 0. The van der Waals surface area contributed by atoms with Crippen molar-refractivity contribution >= 4 is 11.0 Å². The summed E-state index contributed by atoms with van der Waals surface area (Å²) in [6.45, 7) is 4.52. The third kappa shape index (κ3) is 2.63. The van der Waals surface area contributed by atoms with Crippen LogP contribution in [0.3, 0.4) is 0 Å². The summed E-state index contributed by atoms with van der Waals surface area (Å²) in [4.78, 5) is 2.60. The van der Waals surface area contributed by atoms with Gasteiger partial charge < -0.3 is 14.0 Å². The SMILES string of the molecule is N=c1n(CCN2CCCCC2)c2ccccc2n1C12CC3CC(CC(C3)C1)C2. The number of para-hydroxylation sites is 2. The first-order valence-corrected chi connectivity index (χ1v) is 11.7. The number of nitrogens with one attached hydrogen (secondary N) is 1. The van der Waals surface area contributed by atoms with Gasteiger partial charge in [-0.3, -0.25) is 5.41 Å². The van der Waals surface area contributed by atoms with Gasteiger partial charge >= 0.3 is 0 Å². The van der Waals surface area contributed by atoms with Gasteiger partial charge in [-0.25, -0.2) is 0 Å². The lowest BCUT2D eigenvalue weighted by molar-refractivity contribution is -0.0435. The number of nitrogens with zero attached hydrogens (tertiary/aromatic N) is 3. The van der Waals surface area contributed by atoms with E-state index in [2.05, 4.69) is 38.3 Å². The normalized spacial score (nSPS) is 35.1. The molecule has 1 N–H and O–H groups in total. The number of imidazole rings is 1. The maximum absolute atomic E-state index is 9.24. The molecule has 2 heterocycles. The van der Waals surface area contributed by atoms with Gasteiger partial charge in [0.2, 0.25) is 5.62 Å². The molecule has 0 radical (unpaired) electrons. The number of aromatic nitrogens is 2. The van der Waals surface area contributed by atoms with Crippen molar-refractivity contribution < 1.29 is 0 Å². The Labute approximate surface area is 168 Å². The van der Waals surface area contributed by atoms with Crippen molar-refractivity contribution in [2.45, 2.75) is 69.9 Å². The molecule has 0 unspecified atom stereocenters. The zero-order valence-electron chi connectivity index (χ0n) is 17.1. The Morgan fingerprint density at radius 1 is 0.821 bits per heavy atom. The van der Waals surface area contributed by atoms with Gasteiger partial charge in [-0.15, -0.1) is 0 Å². The Kier molecular flexibility index (Phi) is 4.01. The van der Waals surface area contributed by atoms with Crippen LogP contribution in [0, 0.1) is 23.2 Å². The molecule has 0 atom stereocenters. The standard InChI is InChI=1S/C24H34N4/c25-23-27(11-10-26-8-4-1-5-9-26)21-6-2-3-7-22(21)28(23)24-15-18-12-19(16-24)14-20(13-18)17-24/h2-3,6-7,18-20,25H,1,4-5,8-17H2. The molecule has 2 aromatic rings. The molecule has 4 saturated carbocycles. The summed E-state index contributed by atoms with van der Waals surface area (Å²) in [5.74, 6) is 2.73. The summed E-state index contributed by atoms with van der Waals surface area (Å²) in [6, 6.07) is 8.86. The molecule has 1 aromatic carbocycles. The largest absolute Gasteiger partial charge is 0.309 e. The van der Waals surface area contributed by atoms with Crippen LogP contribution in [0.25, 0.3) is 11.0 Å². The molecular weight excluding hydrogens is 344 g/mol. The average molecular weight is 379 g/mol. The van der Waals surface area contributed by atoms with Crippen LogP contribution in [-0.4, -0.2) is 33.7 Å². The number of hydrogen-bond acceptors (Lipinski definition) is 2. The van der Waals surface area contributed by atoms with E-state index >= 15 is 0 Å². The average Bonchev–Trinajstić information content (AvgIpc) is 2.98. The Hall–Kier alpha value is -1.55. The number of likely N-dealkylation sites (tertiary alicyclic amines) is 1. The first kappa shape index (κ1) is 17.3. The van der Waals surface area contributed by atoms with E-state index in [1.807, 2.05) is 0 Å². The molecule has 5 aliphatic rings. The molecule has 0 amide bonds. The molecule has 5 fully saturated rings. The van der Waals surface area contributed by atoms with E-state index in [1.54, 1.807) is 0 Å². The lowest BCUT2D eigenvalue weighted by Gasteiger charge is -2.57. The van der Waals surface area contributed by atoms with Gasteiger partial charge in [0.25, 0.3) is 0 Å². The van der Waals surface area contributed by atoms with Crippen LogP contribution in [0.15, 0.2) is 24.3 Å². The monoisotopic (exact) mass is 378 g/mol. The number of benzene rings is 1. The lowest BCUT2D eigenvalue weighted by Crippen LogP contribution is -2.54. The molecule has 4 heteroatoms. The van der Waals surface area contributed by atoms with Crippen molar-refractivity contribution in [3.8, 4) is 0 Å². The smallest absolute Gasteiger partial charge is 0.203 e. The molecule has 1 saturated heterocycles. The lowest BCUT2D eigenvalue weighted by atomic mass is 9.53. The van der Waals surface area contributed by atoms with Crippen molar-refractivity contribution in [1.29, 1.82) is 5.41 Å². The highest BCUT2D eigenvalue weighted by Gasteiger charge is 2.52. The second-order valence-corrected chi connectivity index (χ2v) is 10.3. The fourth-order valence-electron chi connectivity index (χ4n) is 7.70. The minimum atomic E-state index is 0.224. The third-order valence-electron chi connectivity index (χ3n) is 8.45. The number of rotatable bonds is 4. The van der Waals surface area contributed by atoms with Crippen LogP contribution in [-0.2, 0) is 12.1 Å². The Balaban J connectivity index is 1.40. The summed E-state index contributed by atoms with van der Waals surface area (Å²) in [5.41, 5.74) is 3.58. The fraction of sp³-hybridized carbons (Fsp3) is 0.708. The third-order valence-corrected chi connectivity index (χ3v) is 8.45. The van der Waals surface area contributed by atoms with Gasteiger partial charge in [0.1, 0.15) is 0 Å². The van der Waals surface area contributed by atoms with Gasteiger partial charge in [-0.05, 0) is 94.3 Å². The van der Waals surface area contributed by atoms with Crippen LogP contribution in [0.4, 0.5) is 0 Å². The van der Waals surface area contributed by atoms with Crippen LogP contribution in [0.5, 0.6) is 0 Å². The number of fused-ring (bicyclic) bond motifs is 1. The molecule has 28 heavy (non-hydrogen) atoms. The van der Waals surface area contributed by atoms with Crippen LogP contribution < -0.4 is 5.62 Å². The van der Waals surface area contributed by atoms with Crippen molar-refractivity contribution in [3.05, 3.63) is 29.9 Å². The molecule has 7 rings (SSSR count). The maximum atomic E-state index is 9.24. The number of hydrogen-bond donors (Lipinski definition) is 1. The molecule has 4 bridgehead atoms. The first-order chi connectivity index (χ1) is 13.7. The highest BCUT2D eigenvalue weighted by atomic mass is 15.2. The van der Waals surface area contributed by atoms with E-state index in [0.717, 1.165) is 36.5 Å². The molecule has 1 aliphatic heterocycles. The Bertz CT molecular complexity index is 894. The molecule has 4 aliphatic carbocycles. The van der Waals surface area contributed by atoms with Gasteiger partial charge in [-0.2, -0.15) is 0 Å². The molecule has 0 spiro atoms. The van der Waals surface area contributed by atoms with E-state index in [1.165, 1.54) is 81.9 Å². The van der Waals surface area contributed by atoms with Gasteiger partial charge in [-0.1, -0.05) is 18.6 Å². The first-order valence-electron chi connectivity index (χ1n) is 11.7. The van der Waals surface area contributed by atoms with Crippen LogP contribution in [0.2, 0.25) is 0 Å². The predicted octanol–water partition coefficient (Wildman–Crippen LogP) is 4.33. The van der Waals surface area contributed by atoms with Crippen molar-refractivity contribution in [2.75, 3.05) is 19.6 Å². The summed E-state index contributed by atoms with van der Waals surface area (Å²) < 4.78 is 4.82.